The van der Waals surface area contributed by atoms with Crippen molar-refractivity contribution in [1.29, 1.82) is 0 Å². The van der Waals surface area contributed by atoms with Gasteiger partial charge in [-0.2, -0.15) is 0 Å². The summed E-state index contributed by atoms with van der Waals surface area (Å²) in [5.41, 5.74) is 0. The third-order valence-corrected chi connectivity index (χ3v) is 6.19. The van der Waals surface area contributed by atoms with E-state index in [0.29, 0.717) is 19.8 Å². The summed E-state index contributed by atoms with van der Waals surface area (Å²) in [7, 11) is -2.43. The molecule has 128 valence electrons. The lowest BCUT2D eigenvalue weighted by atomic mass is 10.3. The van der Waals surface area contributed by atoms with Gasteiger partial charge in [0.05, 0.1) is 6.61 Å². The van der Waals surface area contributed by atoms with E-state index in [1.165, 1.54) is 0 Å². The van der Waals surface area contributed by atoms with Crippen molar-refractivity contribution in [2.75, 3.05) is 46.1 Å². The van der Waals surface area contributed by atoms with Gasteiger partial charge in [0.15, 0.2) is 0 Å². The summed E-state index contributed by atoms with van der Waals surface area (Å²) in [6, 6.07) is 0.903. The lowest BCUT2D eigenvalue weighted by Gasteiger charge is -2.28. The van der Waals surface area contributed by atoms with Crippen molar-refractivity contribution in [1.82, 2.24) is 5.32 Å². The van der Waals surface area contributed by atoms with Crippen molar-refractivity contribution < 1.29 is 18.0 Å². The molecule has 6 heteroatoms. The van der Waals surface area contributed by atoms with E-state index in [2.05, 4.69) is 12.2 Å². The smallest absolute Gasteiger partial charge is 0.380 e. The summed E-state index contributed by atoms with van der Waals surface area (Å²) in [5, 5.41) is 3.24. The summed E-state index contributed by atoms with van der Waals surface area (Å²) in [6.45, 7) is 13.6. The SMILES string of the molecule is CCNCCOCCCCC[Si](OCC)(OCC)OCC. The number of likely N-dealkylation sites (N-methyl/N-ethyl adjacent to an activating group) is 1. The van der Waals surface area contributed by atoms with Crippen molar-refractivity contribution in [3.8, 4) is 0 Å². The Labute approximate surface area is 132 Å². The molecular weight excluding hydrogens is 286 g/mol. The van der Waals surface area contributed by atoms with E-state index in [4.69, 9.17) is 18.0 Å². The molecule has 5 nitrogen and oxygen atoms in total. The highest BCUT2D eigenvalue weighted by Crippen LogP contribution is 2.19. The van der Waals surface area contributed by atoms with Gasteiger partial charge in [0.1, 0.15) is 0 Å². The molecule has 21 heavy (non-hydrogen) atoms. The molecule has 0 saturated heterocycles. The van der Waals surface area contributed by atoms with Gasteiger partial charge in [-0.3, -0.25) is 0 Å². The van der Waals surface area contributed by atoms with Gasteiger partial charge in [0.25, 0.3) is 0 Å². The van der Waals surface area contributed by atoms with Crippen molar-refractivity contribution in [3.63, 3.8) is 0 Å². The first-order valence-electron chi connectivity index (χ1n) is 8.44. The topological polar surface area (TPSA) is 49.0 Å². The summed E-state index contributed by atoms with van der Waals surface area (Å²) >= 11 is 0. The number of unbranched alkanes of at least 4 members (excludes halogenated alkanes) is 2. The minimum atomic E-state index is -2.43. The molecule has 0 radical (unpaired) electrons. The summed E-state index contributed by atoms with van der Waals surface area (Å²) in [4.78, 5) is 0. The second-order valence-electron chi connectivity index (χ2n) is 4.76. The predicted octanol–water partition coefficient (Wildman–Crippen LogP) is 2.83. The van der Waals surface area contributed by atoms with Crippen LogP contribution in [-0.2, 0) is 18.0 Å². The van der Waals surface area contributed by atoms with Crippen LogP contribution in [0.4, 0.5) is 0 Å². The van der Waals surface area contributed by atoms with Crippen LogP contribution in [0.5, 0.6) is 0 Å². The number of ether oxygens (including phenoxy) is 1. The summed E-state index contributed by atoms with van der Waals surface area (Å²) in [6.07, 6.45) is 3.28. The lowest BCUT2D eigenvalue weighted by molar-refractivity contribution is 0.0702. The molecule has 0 aromatic rings. The first-order valence-corrected chi connectivity index (χ1v) is 10.4. The van der Waals surface area contributed by atoms with Crippen molar-refractivity contribution in [3.05, 3.63) is 0 Å². The molecule has 0 heterocycles. The van der Waals surface area contributed by atoms with E-state index in [9.17, 15) is 0 Å². The Kier molecular flexibility index (Phi) is 14.9. The van der Waals surface area contributed by atoms with Gasteiger partial charge >= 0.3 is 8.80 Å². The van der Waals surface area contributed by atoms with E-state index in [1.807, 2.05) is 20.8 Å². The quantitative estimate of drug-likeness (QED) is 0.350. The largest absolute Gasteiger partial charge is 0.500 e. The molecule has 1 N–H and O–H groups in total. The fraction of sp³-hybridized carbons (Fsp3) is 1.00. The van der Waals surface area contributed by atoms with Crippen LogP contribution in [-0.4, -0.2) is 54.9 Å². The molecule has 0 fully saturated rings. The van der Waals surface area contributed by atoms with E-state index in [-0.39, 0.29) is 0 Å². The highest BCUT2D eigenvalue weighted by molar-refractivity contribution is 6.60. The normalized spacial score (nSPS) is 12.0. The molecular formula is C15H35NO4Si. The Hall–Kier alpha value is 0.0169. The van der Waals surface area contributed by atoms with Crippen LogP contribution < -0.4 is 5.32 Å². The van der Waals surface area contributed by atoms with E-state index < -0.39 is 8.80 Å². The van der Waals surface area contributed by atoms with Gasteiger partial charge in [-0.25, -0.2) is 0 Å². The number of nitrogens with one attached hydrogen (secondary N) is 1. The third kappa shape index (κ3) is 11.3. The fourth-order valence-electron chi connectivity index (χ4n) is 2.15. The van der Waals surface area contributed by atoms with Crippen LogP contribution in [0.15, 0.2) is 0 Å². The van der Waals surface area contributed by atoms with Gasteiger partial charge in [0, 0.05) is 39.0 Å². The highest BCUT2D eigenvalue weighted by Gasteiger charge is 2.39. The zero-order valence-corrected chi connectivity index (χ0v) is 15.4. The molecule has 0 saturated carbocycles. The van der Waals surface area contributed by atoms with Crippen molar-refractivity contribution in [2.24, 2.45) is 0 Å². The fourth-order valence-corrected chi connectivity index (χ4v) is 4.83. The predicted molar refractivity (Wildman–Crippen MR) is 88.7 cm³/mol. The first-order chi connectivity index (χ1) is 10.2. The standard InChI is InChI=1S/C15H35NO4Si/c1-5-16-12-14-17-13-10-9-11-15-21(18-6-2,19-7-3)20-8-4/h16H,5-15H2,1-4H3. The summed E-state index contributed by atoms with van der Waals surface area (Å²) < 4.78 is 23.1. The van der Waals surface area contributed by atoms with Crippen LogP contribution in [0.25, 0.3) is 0 Å². The van der Waals surface area contributed by atoms with Gasteiger partial charge in [0.2, 0.25) is 0 Å². The molecule has 0 aromatic heterocycles. The maximum absolute atomic E-state index is 5.84. The van der Waals surface area contributed by atoms with Crippen LogP contribution >= 0.6 is 0 Å². The lowest BCUT2D eigenvalue weighted by Crippen LogP contribution is -2.45. The number of rotatable bonds is 16. The molecule has 0 spiro atoms. The monoisotopic (exact) mass is 321 g/mol. The van der Waals surface area contributed by atoms with E-state index >= 15 is 0 Å². The van der Waals surface area contributed by atoms with E-state index in [1.54, 1.807) is 0 Å². The van der Waals surface area contributed by atoms with Crippen molar-refractivity contribution >= 4 is 8.80 Å². The van der Waals surface area contributed by atoms with Gasteiger partial charge in [-0.05, 0) is 40.2 Å². The third-order valence-electron chi connectivity index (χ3n) is 3.04. The van der Waals surface area contributed by atoms with E-state index in [0.717, 1.165) is 51.6 Å². The molecule has 0 aliphatic heterocycles. The molecule has 0 aliphatic rings. The molecule has 0 atom stereocenters. The minimum Gasteiger partial charge on any atom is -0.380 e. The molecule has 0 bridgehead atoms. The average molecular weight is 322 g/mol. The molecule has 0 amide bonds. The molecule has 0 aliphatic carbocycles. The Balaban J connectivity index is 3.76. The zero-order valence-electron chi connectivity index (χ0n) is 14.4. The van der Waals surface area contributed by atoms with Crippen LogP contribution in [0.3, 0.4) is 0 Å². The molecule has 0 unspecified atom stereocenters. The van der Waals surface area contributed by atoms with Crippen LogP contribution in [0, 0.1) is 0 Å². The Morgan fingerprint density at radius 3 is 1.90 bits per heavy atom. The first kappa shape index (κ1) is 21.0. The summed E-state index contributed by atoms with van der Waals surface area (Å²) in [5.74, 6) is 0. The zero-order chi connectivity index (χ0) is 15.8. The van der Waals surface area contributed by atoms with Crippen molar-refractivity contribution in [2.45, 2.75) is 53.0 Å². The van der Waals surface area contributed by atoms with Gasteiger partial charge in [-0.1, -0.05) is 13.3 Å². The maximum atomic E-state index is 5.84. The van der Waals surface area contributed by atoms with Crippen LogP contribution in [0.1, 0.15) is 47.0 Å². The average Bonchev–Trinajstić information content (AvgIpc) is 2.46. The Morgan fingerprint density at radius 1 is 0.762 bits per heavy atom. The molecule has 0 rings (SSSR count). The van der Waals surface area contributed by atoms with Gasteiger partial charge in [-0.15, -0.1) is 0 Å². The number of hydrogen-bond donors (Lipinski definition) is 1. The minimum absolute atomic E-state index is 0.653. The van der Waals surface area contributed by atoms with Gasteiger partial charge < -0.3 is 23.3 Å². The Bertz CT molecular complexity index is 203. The number of hydrogen-bond acceptors (Lipinski definition) is 5. The highest BCUT2D eigenvalue weighted by atomic mass is 28.4. The Morgan fingerprint density at radius 2 is 1.38 bits per heavy atom. The second-order valence-corrected chi connectivity index (χ2v) is 7.49. The molecule has 0 aromatic carbocycles. The maximum Gasteiger partial charge on any atom is 0.500 e. The second kappa shape index (κ2) is 14.9. The van der Waals surface area contributed by atoms with Crippen LogP contribution in [0.2, 0.25) is 6.04 Å².